The number of hydrogen-bond donors (Lipinski definition) is 0. The van der Waals surface area contributed by atoms with E-state index in [2.05, 4.69) is 55.9 Å². The average molecular weight is 208 g/mol. The van der Waals surface area contributed by atoms with Crippen LogP contribution in [-0.2, 0) is 5.75 Å². The lowest BCUT2D eigenvalue weighted by atomic mass is 10.1. The largest absolute Gasteiger partial charge is 0.157 e. The molecule has 0 heterocycles. The molecule has 0 saturated carbocycles. The summed E-state index contributed by atoms with van der Waals surface area (Å²) in [6.45, 7) is 4.58. The maximum atomic E-state index is 2.29. The van der Waals surface area contributed by atoms with Crippen molar-refractivity contribution in [3.8, 4) is 0 Å². The molecule has 0 atom stereocenters. The highest BCUT2D eigenvalue weighted by atomic mass is 32.2. The molecule has 14 heavy (non-hydrogen) atoms. The van der Waals surface area contributed by atoms with E-state index >= 15 is 0 Å². The highest BCUT2D eigenvalue weighted by Crippen LogP contribution is 2.19. The van der Waals surface area contributed by atoms with Gasteiger partial charge >= 0.3 is 0 Å². The lowest BCUT2D eigenvalue weighted by molar-refractivity contribution is 0.554. The first-order valence-corrected chi connectivity index (χ1v) is 6.64. The fourth-order valence-electron chi connectivity index (χ4n) is 1.44. The average Bonchev–Trinajstić information content (AvgIpc) is 2.26. The van der Waals surface area contributed by atoms with Crippen molar-refractivity contribution in [1.82, 2.24) is 0 Å². The molecule has 0 amide bonds. The Kier molecular flexibility index (Phi) is 5.77. The van der Waals surface area contributed by atoms with Crippen molar-refractivity contribution in [2.24, 2.45) is 5.92 Å². The third-order valence-electron chi connectivity index (χ3n) is 2.62. The van der Waals surface area contributed by atoms with E-state index < -0.39 is 0 Å². The van der Waals surface area contributed by atoms with Crippen molar-refractivity contribution >= 4 is 11.8 Å². The van der Waals surface area contributed by atoms with Crippen LogP contribution in [0.4, 0.5) is 0 Å². The summed E-state index contributed by atoms with van der Waals surface area (Å²) in [7, 11) is 0. The fraction of sp³-hybridized carbons (Fsp3) is 0.538. The van der Waals surface area contributed by atoms with Gasteiger partial charge in [-0.3, -0.25) is 0 Å². The molecule has 1 aromatic rings. The van der Waals surface area contributed by atoms with Crippen LogP contribution in [0.5, 0.6) is 0 Å². The first kappa shape index (κ1) is 11.6. The Morgan fingerprint density at radius 1 is 1.07 bits per heavy atom. The molecule has 1 aromatic carbocycles. The summed E-state index contributed by atoms with van der Waals surface area (Å²) in [5.41, 5.74) is 1.45. The van der Waals surface area contributed by atoms with Gasteiger partial charge in [0.15, 0.2) is 0 Å². The summed E-state index contributed by atoms with van der Waals surface area (Å²) in [5.74, 6) is 3.38. The molecule has 0 bridgehead atoms. The van der Waals surface area contributed by atoms with Crippen molar-refractivity contribution in [2.45, 2.75) is 32.4 Å². The summed E-state index contributed by atoms with van der Waals surface area (Å²) in [6.07, 6.45) is 2.64. The Morgan fingerprint density at radius 2 is 1.71 bits per heavy atom. The normalized spacial score (nSPS) is 10.8. The third-order valence-corrected chi connectivity index (χ3v) is 3.86. The summed E-state index contributed by atoms with van der Waals surface area (Å²) < 4.78 is 0. The Bertz CT molecular complexity index is 226. The Morgan fingerprint density at radius 3 is 2.29 bits per heavy atom. The highest BCUT2D eigenvalue weighted by molar-refractivity contribution is 7.98. The van der Waals surface area contributed by atoms with E-state index in [-0.39, 0.29) is 0 Å². The minimum absolute atomic E-state index is 0.906. The second kappa shape index (κ2) is 6.94. The molecule has 0 aliphatic carbocycles. The summed E-state index contributed by atoms with van der Waals surface area (Å²) in [5, 5.41) is 0. The number of hydrogen-bond acceptors (Lipinski definition) is 1. The van der Waals surface area contributed by atoms with Gasteiger partial charge in [0.2, 0.25) is 0 Å². The van der Waals surface area contributed by atoms with Crippen LogP contribution in [0.2, 0.25) is 0 Å². The second-order valence-corrected chi connectivity index (χ2v) is 4.71. The van der Waals surface area contributed by atoms with E-state index in [0.29, 0.717) is 0 Å². The Hall–Kier alpha value is -0.430. The van der Waals surface area contributed by atoms with Gasteiger partial charge in [0.1, 0.15) is 0 Å². The van der Waals surface area contributed by atoms with E-state index in [1.165, 1.54) is 24.2 Å². The van der Waals surface area contributed by atoms with Gasteiger partial charge in [-0.2, -0.15) is 11.8 Å². The zero-order chi connectivity index (χ0) is 10.2. The second-order valence-electron chi connectivity index (χ2n) is 3.68. The zero-order valence-electron chi connectivity index (χ0n) is 9.20. The first-order valence-electron chi connectivity index (χ1n) is 5.48. The van der Waals surface area contributed by atoms with Crippen molar-refractivity contribution in [1.29, 1.82) is 0 Å². The summed E-state index contributed by atoms with van der Waals surface area (Å²) >= 11 is 2.06. The Labute approximate surface area is 92.1 Å². The van der Waals surface area contributed by atoms with Gasteiger partial charge in [-0.1, -0.05) is 57.0 Å². The topological polar surface area (TPSA) is 0 Å². The van der Waals surface area contributed by atoms with Gasteiger partial charge in [-0.05, 0) is 17.2 Å². The van der Waals surface area contributed by atoms with Crippen molar-refractivity contribution in [3.05, 3.63) is 35.9 Å². The molecule has 0 aromatic heterocycles. The molecule has 0 aliphatic rings. The van der Waals surface area contributed by atoms with Gasteiger partial charge in [0.25, 0.3) is 0 Å². The summed E-state index contributed by atoms with van der Waals surface area (Å²) in [4.78, 5) is 0. The van der Waals surface area contributed by atoms with Crippen molar-refractivity contribution in [2.75, 3.05) is 5.75 Å². The van der Waals surface area contributed by atoms with Gasteiger partial charge in [0.05, 0.1) is 0 Å². The first-order chi connectivity index (χ1) is 6.86. The van der Waals surface area contributed by atoms with Crippen LogP contribution in [0, 0.1) is 5.92 Å². The molecule has 0 spiro atoms. The van der Waals surface area contributed by atoms with Crippen LogP contribution >= 0.6 is 11.8 Å². The van der Waals surface area contributed by atoms with E-state index in [1.807, 2.05) is 0 Å². The molecule has 0 aliphatic heterocycles. The number of thioether (sulfide) groups is 1. The molecule has 78 valence electrons. The quantitative estimate of drug-likeness (QED) is 0.669. The van der Waals surface area contributed by atoms with Gasteiger partial charge in [0, 0.05) is 5.75 Å². The fourth-order valence-corrected chi connectivity index (χ4v) is 2.79. The van der Waals surface area contributed by atoms with Crippen LogP contribution in [0.25, 0.3) is 0 Å². The van der Waals surface area contributed by atoms with Crippen LogP contribution in [0.1, 0.15) is 32.3 Å². The van der Waals surface area contributed by atoms with E-state index in [1.54, 1.807) is 0 Å². The molecule has 0 radical (unpaired) electrons. The minimum atomic E-state index is 0.906. The van der Waals surface area contributed by atoms with Crippen molar-refractivity contribution < 1.29 is 0 Å². The van der Waals surface area contributed by atoms with Crippen LogP contribution in [0.3, 0.4) is 0 Å². The van der Waals surface area contributed by atoms with E-state index in [0.717, 1.165) is 11.7 Å². The van der Waals surface area contributed by atoms with E-state index in [4.69, 9.17) is 0 Å². The third kappa shape index (κ3) is 4.19. The van der Waals surface area contributed by atoms with Crippen LogP contribution in [0.15, 0.2) is 30.3 Å². The lowest BCUT2D eigenvalue weighted by Gasteiger charge is -2.11. The van der Waals surface area contributed by atoms with Gasteiger partial charge in [-0.25, -0.2) is 0 Å². The molecule has 0 fully saturated rings. The molecule has 0 saturated heterocycles. The lowest BCUT2D eigenvalue weighted by Crippen LogP contribution is -2.00. The molecule has 1 rings (SSSR count). The maximum absolute atomic E-state index is 2.29. The SMILES string of the molecule is CCC(CC)CSCc1ccccc1. The smallest absolute Gasteiger partial charge is 0.0184 e. The molecule has 1 heteroatoms. The van der Waals surface area contributed by atoms with Gasteiger partial charge in [-0.15, -0.1) is 0 Å². The molecule has 0 unspecified atom stereocenters. The van der Waals surface area contributed by atoms with Crippen LogP contribution in [-0.4, -0.2) is 5.75 Å². The summed E-state index contributed by atoms with van der Waals surface area (Å²) in [6, 6.07) is 10.7. The number of rotatable bonds is 6. The molecular weight excluding hydrogens is 188 g/mol. The predicted molar refractivity (Wildman–Crippen MR) is 66.7 cm³/mol. The molecule has 0 N–H and O–H groups in total. The molecular formula is C13H20S. The predicted octanol–water partition coefficient (Wildman–Crippen LogP) is 4.36. The number of benzene rings is 1. The van der Waals surface area contributed by atoms with Crippen LogP contribution < -0.4 is 0 Å². The van der Waals surface area contributed by atoms with Crippen molar-refractivity contribution in [3.63, 3.8) is 0 Å². The standard InChI is InChI=1S/C13H20S/c1-3-12(4-2)10-14-11-13-8-6-5-7-9-13/h5-9,12H,3-4,10-11H2,1-2H3. The molecule has 0 nitrogen and oxygen atoms in total. The maximum Gasteiger partial charge on any atom is 0.0184 e. The highest BCUT2D eigenvalue weighted by Gasteiger charge is 2.02. The zero-order valence-corrected chi connectivity index (χ0v) is 10.0. The monoisotopic (exact) mass is 208 g/mol. The minimum Gasteiger partial charge on any atom is -0.157 e. The van der Waals surface area contributed by atoms with E-state index in [9.17, 15) is 0 Å². The Balaban J connectivity index is 2.21. The van der Waals surface area contributed by atoms with Gasteiger partial charge < -0.3 is 0 Å².